The molecule has 0 aliphatic carbocycles. The molecule has 144 valence electrons. The van der Waals surface area contributed by atoms with Crippen molar-refractivity contribution in [2.24, 2.45) is 0 Å². The van der Waals surface area contributed by atoms with E-state index in [0.717, 1.165) is 5.56 Å². The van der Waals surface area contributed by atoms with E-state index >= 15 is 0 Å². The van der Waals surface area contributed by atoms with Crippen LogP contribution in [-0.4, -0.2) is 4.92 Å². The van der Waals surface area contributed by atoms with E-state index in [1.165, 1.54) is 24.3 Å². The SMILES string of the molecule is N#C/C(=C/c1ccc(OCc2cccc([N+](=O)[O-])c2)c(Br)c1)c1cccc(F)c1. The van der Waals surface area contributed by atoms with Crippen LogP contribution in [-0.2, 0) is 6.61 Å². The Bertz CT molecular complexity index is 1140. The second-order valence-electron chi connectivity index (χ2n) is 6.09. The summed E-state index contributed by atoms with van der Waals surface area (Å²) in [5.41, 5.74) is 2.25. The van der Waals surface area contributed by atoms with Crippen molar-refractivity contribution in [3.63, 3.8) is 0 Å². The Labute approximate surface area is 175 Å². The zero-order chi connectivity index (χ0) is 20.8. The number of nitriles is 1. The molecular formula is C22H14BrFN2O3. The highest BCUT2D eigenvalue weighted by Gasteiger charge is 2.08. The van der Waals surface area contributed by atoms with Crippen molar-refractivity contribution in [1.29, 1.82) is 5.26 Å². The molecule has 5 nitrogen and oxygen atoms in total. The van der Waals surface area contributed by atoms with Crippen LogP contribution in [0.15, 0.2) is 71.2 Å². The van der Waals surface area contributed by atoms with Crippen LogP contribution in [0.3, 0.4) is 0 Å². The van der Waals surface area contributed by atoms with Crippen LogP contribution in [0.2, 0.25) is 0 Å². The largest absolute Gasteiger partial charge is 0.488 e. The van der Waals surface area contributed by atoms with E-state index in [-0.39, 0.29) is 12.3 Å². The second-order valence-corrected chi connectivity index (χ2v) is 6.94. The van der Waals surface area contributed by atoms with Crippen LogP contribution in [0.4, 0.5) is 10.1 Å². The van der Waals surface area contributed by atoms with Gasteiger partial charge in [-0.3, -0.25) is 10.1 Å². The monoisotopic (exact) mass is 452 g/mol. The van der Waals surface area contributed by atoms with Gasteiger partial charge in [-0.25, -0.2) is 4.39 Å². The highest BCUT2D eigenvalue weighted by Crippen LogP contribution is 2.29. The molecule has 0 saturated heterocycles. The number of nitrogens with zero attached hydrogens (tertiary/aromatic N) is 2. The maximum atomic E-state index is 13.4. The second kappa shape index (κ2) is 9.13. The van der Waals surface area contributed by atoms with Crippen LogP contribution in [0.5, 0.6) is 5.75 Å². The lowest BCUT2D eigenvalue weighted by atomic mass is 10.0. The lowest BCUT2D eigenvalue weighted by Crippen LogP contribution is -1.97. The number of hydrogen-bond acceptors (Lipinski definition) is 4. The van der Waals surface area contributed by atoms with Gasteiger partial charge in [0.05, 0.1) is 21.0 Å². The Balaban J connectivity index is 1.77. The molecule has 3 rings (SSSR count). The first-order chi connectivity index (χ1) is 14.0. The fourth-order valence-electron chi connectivity index (χ4n) is 2.65. The van der Waals surface area contributed by atoms with E-state index in [1.54, 1.807) is 48.5 Å². The molecule has 0 atom stereocenters. The molecule has 7 heteroatoms. The average Bonchev–Trinajstić information content (AvgIpc) is 2.71. The van der Waals surface area contributed by atoms with Gasteiger partial charge >= 0.3 is 0 Å². The summed E-state index contributed by atoms with van der Waals surface area (Å²) in [6, 6.07) is 19.4. The number of ether oxygens (including phenoxy) is 1. The maximum absolute atomic E-state index is 13.4. The average molecular weight is 453 g/mol. The molecule has 0 aliphatic heterocycles. The van der Waals surface area contributed by atoms with Crippen LogP contribution < -0.4 is 4.74 Å². The third-order valence-corrected chi connectivity index (χ3v) is 4.66. The summed E-state index contributed by atoms with van der Waals surface area (Å²) in [7, 11) is 0. The lowest BCUT2D eigenvalue weighted by molar-refractivity contribution is -0.384. The summed E-state index contributed by atoms with van der Waals surface area (Å²) < 4.78 is 19.8. The van der Waals surface area contributed by atoms with Crippen molar-refractivity contribution >= 4 is 33.3 Å². The van der Waals surface area contributed by atoms with Crippen molar-refractivity contribution in [3.8, 4) is 11.8 Å². The number of halogens is 2. The summed E-state index contributed by atoms with van der Waals surface area (Å²) in [6.45, 7) is 0.169. The molecule has 3 aromatic rings. The molecule has 0 unspecified atom stereocenters. The number of rotatable bonds is 6. The first kappa shape index (κ1) is 20.2. The Kier molecular flexibility index (Phi) is 6.37. The number of benzene rings is 3. The normalized spacial score (nSPS) is 11.0. The minimum atomic E-state index is -0.452. The van der Waals surface area contributed by atoms with Gasteiger partial charge in [-0.15, -0.1) is 0 Å². The quantitative estimate of drug-likeness (QED) is 0.195. The molecule has 3 aromatic carbocycles. The molecule has 0 aliphatic rings. The van der Waals surface area contributed by atoms with E-state index in [0.29, 0.717) is 26.9 Å². The van der Waals surface area contributed by atoms with Crippen molar-refractivity contribution in [3.05, 3.63) is 104 Å². The summed E-state index contributed by atoms with van der Waals surface area (Å²) in [6.07, 6.45) is 1.66. The maximum Gasteiger partial charge on any atom is 0.269 e. The number of nitro groups is 1. The van der Waals surface area contributed by atoms with E-state index in [1.807, 2.05) is 0 Å². The van der Waals surface area contributed by atoms with Gasteiger partial charge in [0.1, 0.15) is 18.2 Å². The number of nitro benzene ring substituents is 1. The molecule has 0 amide bonds. The van der Waals surface area contributed by atoms with E-state index in [2.05, 4.69) is 22.0 Å². The molecule has 0 heterocycles. The molecule has 0 N–H and O–H groups in total. The Morgan fingerprint density at radius 3 is 2.66 bits per heavy atom. The Hall–Kier alpha value is -3.50. The zero-order valence-corrected chi connectivity index (χ0v) is 16.6. The van der Waals surface area contributed by atoms with Crippen molar-refractivity contribution in [2.75, 3.05) is 0 Å². The first-order valence-electron chi connectivity index (χ1n) is 8.49. The van der Waals surface area contributed by atoms with Gasteiger partial charge in [0.25, 0.3) is 5.69 Å². The zero-order valence-electron chi connectivity index (χ0n) is 15.0. The Morgan fingerprint density at radius 2 is 1.97 bits per heavy atom. The standard InChI is InChI=1S/C22H14BrFN2O3/c23-21-11-15(9-18(13-25)17-4-2-5-19(24)12-17)7-8-22(21)29-14-16-3-1-6-20(10-16)26(27)28/h1-12H,14H2/b18-9-. The van der Waals surface area contributed by atoms with Crippen LogP contribution in [0, 0.1) is 27.3 Å². The summed E-state index contributed by atoms with van der Waals surface area (Å²) >= 11 is 3.43. The van der Waals surface area contributed by atoms with E-state index in [4.69, 9.17) is 4.74 Å². The molecule has 0 radical (unpaired) electrons. The molecular weight excluding hydrogens is 439 g/mol. The smallest absolute Gasteiger partial charge is 0.269 e. The van der Waals surface area contributed by atoms with Crippen molar-refractivity contribution in [1.82, 2.24) is 0 Å². The summed E-state index contributed by atoms with van der Waals surface area (Å²) in [4.78, 5) is 10.4. The van der Waals surface area contributed by atoms with Gasteiger partial charge in [0.2, 0.25) is 0 Å². The fourth-order valence-corrected chi connectivity index (χ4v) is 3.16. The Morgan fingerprint density at radius 1 is 1.17 bits per heavy atom. The first-order valence-corrected chi connectivity index (χ1v) is 9.29. The van der Waals surface area contributed by atoms with Gasteiger partial charge in [-0.05, 0) is 63.0 Å². The highest BCUT2D eigenvalue weighted by atomic mass is 79.9. The topological polar surface area (TPSA) is 76.2 Å². The summed E-state index contributed by atoms with van der Waals surface area (Å²) in [5, 5.41) is 20.3. The number of allylic oxidation sites excluding steroid dienone is 1. The predicted molar refractivity (Wildman–Crippen MR) is 111 cm³/mol. The molecule has 29 heavy (non-hydrogen) atoms. The predicted octanol–water partition coefficient (Wildman–Crippen LogP) is 6.14. The lowest BCUT2D eigenvalue weighted by Gasteiger charge is -2.09. The molecule has 0 fully saturated rings. The van der Waals surface area contributed by atoms with Crippen molar-refractivity contribution < 1.29 is 14.1 Å². The van der Waals surface area contributed by atoms with E-state index in [9.17, 15) is 19.8 Å². The molecule has 0 spiro atoms. The number of non-ortho nitro benzene ring substituents is 1. The van der Waals surface area contributed by atoms with Crippen LogP contribution in [0.1, 0.15) is 16.7 Å². The van der Waals surface area contributed by atoms with Gasteiger partial charge in [-0.1, -0.05) is 30.3 Å². The fraction of sp³-hybridized carbons (Fsp3) is 0.0455. The molecule has 0 aromatic heterocycles. The molecule has 0 saturated carbocycles. The van der Waals surface area contributed by atoms with Crippen LogP contribution in [0.25, 0.3) is 11.6 Å². The van der Waals surface area contributed by atoms with E-state index < -0.39 is 10.7 Å². The van der Waals surface area contributed by atoms with Crippen LogP contribution >= 0.6 is 15.9 Å². The third-order valence-electron chi connectivity index (χ3n) is 4.04. The van der Waals surface area contributed by atoms with Crippen molar-refractivity contribution in [2.45, 2.75) is 6.61 Å². The summed E-state index contributed by atoms with van der Waals surface area (Å²) in [5.74, 6) is 0.146. The number of hydrogen-bond donors (Lipinski definition) is 0. The van der Waals surface area contributed by atoms with Gasteiger partial charge in [0.15, 0.2) is 0 Å². The third kappa shape index (κ3) is 5.27. The van der Waals surface area contributed by atoms with Gasteiger partial charge in [-0.2, -0.15) is 5.26 Å². The molecule has 0 bridgehead atoms. The van der Waals surface area contributed by atoms with Gasteiger partial charge < -0.3 is 4.74 Å². The highest BCUT2D eigenvalue weighted by molar-refractivity contribution is 9.10. The minimum Gasteiger partial charge on any atom is -0.488 e. The van der Waals surface area contributed by atoms with Gasteiger partial charge in [0, 0.05) is 12.1 Å². The minimum absolute atomic E-state index is 0.00651.